The molecule has 4 unspecified atom stereocenters. The maximum Gasteiger partial charge on any atom is 0.231 e. The first-order valence-corrected chi connectivity index (χ1v) is 7.87. The summed E-state index contributed by atoms with van der Waals surface area (Å²) >= 11 is 0. The Balaban J connectivity index is 1.57. The molecule has 3 aliphatic carbocycles. The van der Waals surface area contributed by atoms with Crippen molar-refractivity contribution in [3.05, 3.63) is 41.2 Å². The first-order chi connectivity index (χ1) is 9.83. The molecule has 102 valence electrons. The van der Waals surface area contributed by atoms with Crippen molar-refractivity contribution >= 4 is 5.78 Å². The number of carbonyl (C=O) groups is 1. The van der Waals surface area contributed by atoms with Gasteiger partial charge in [0.15, 0.2) is 5.76 Å². The molecule has 0 aromatic heterocycles. The van der Waals surface area contributed by atoms with E-state index in [2.05, 4.69) is 0 Å². The van der Waals surface area contributed by atoms with Crippen LogP contribution in [-0.2, 0) is 0 Å². The molecule has 1 heterocycles. The molecule has 3 saturated carbocycles. The molecule has 20 heavy (non-hydrogen) atoms. The van der Waals surface area contributed by atoms with Crippen LogP contribution in [0.2, 0.25) is 0 Å². The van der Waals surface area contributed by atoms with E-state index in [1.54, 1.807) is 0 Å². The maximum absolute atomic E-state index is 12.6. The van der Waals surface area contributed by atoms with Crippen LogP contribution in [0.4, 0.5) is 0 Å². The summed E-state index contributed by atoms with van der Waals surface area (Å²) < 4.78 is 5.93. The molecule has 3 fully saturated rings. The largest absolute Gasteiger partial charge is 0.452 e. The molecule has 2 nitrogen and oxygen atoms in total. The van der Waals surface area contributed by atoms with Gasteiger partial charge in [-0.25, -0.2) is 0 Å². The van der Waals surface area contributed by atoms with Gasteiger partial charge in [0, 0.05) is 0 Å². The van der Waals surface area contributed by atoms with Crippen LogP contribution in [0, 0.1) is 23.7 Å². The van der Waals surface area contributed by atoms with Gasteiger partial charge in [0.2, 0.25) is 5.78 Å². The topological polar surface area (TPSA) is 26.3 Å². The fourth-order valence-electron chi connectivity index (χ4n) is 5.34. The van der Waals surface area contributed by atoms with E-state index in [0.717, 1.165) is 35.5 Å². The Hall–Kier alpha value is -1.57. The van der Waals surface area contributed by atoms with Gasteiger partial charge < -0.3 is 4.74 Å². The van der Waals surface area contributed by atoms with E-state index in [1.165, 1.54) is 31.3 Å². The Morgan fingerprint density at radius 3 is 2.85 bits per heavy atom. The third kappa shape index (κ3) is 1.27. The normalized spacial score (nSPS) is 40.9. The smallest absolute Gasteiger partial charge is 0.231 e. The van der Waals surface area contributed by atoms with Crippen LogP contribution in [0.25, 0.3) is 0 Å². The molecule has 0 saturated heterocycles. The molecule has 2 heteroatoms. The van der Waals surface area contributed by atoms with Crippen molar-refractivity contribution in [2.24, 2.45) is 23.7 Å². The molecule has 1 aromatic rings. The van der Waals surface area contributed by atoms with Gasteiger partial charge in [-0.1, -0.05) is 18.6 Å². The van der Waals surface area contributed by atoms with E-state index in [9.17, 15) is 4.79 Å². The molecular weight excluding hydrogens is 248 g/mol. The van der Waals surface area contributed by atoms with Crippen LogP contribution >= 0.6 is 0 Å². The lowest BCUT2D eigenvalue weighted by Crippen LogP contribution is -2.21. The Bertz CT molecular complexity index is 643. The minimum atomic E-state index is 0.123. The number of carbonyl (C=O) groups excluding carboxylic acids is 1. The average molecular weight is 266 g/mol. The van der Waals surface area contributed by atoms with Crippen molar-refractivity contribution in [2.75, 3.05) is 0 Å². The van der Waals surface area contributed by atoms with Gasteiger partial charge in [0.25, 0.3) is 0 Å². The highest BCUT2D eigenvalue weighted by Gasteiger charge is 2.53. The highest BCUT2D eigenvalue weighted by atomic mass is 16.5. The summed E-state index contributed by atoms with van der Waals surface area (Å²) in [5.74, 6) is 4.82. The van der Waals surface area contributed by atoms with Crippen molar-refractivity contribution in [2.45, 2.75) is 32.1 Å². The number of Topliss-reactive ketones (excluding diaryl/α,β-unsaturated/α-hetero) is 1. The molecule has 2 bridgehead atoms. The van der Waals surface area contributed by atoms with Crippen molar-refractivity contribution in [3.63, 3.8) is 0 Å². The van der Waals surface area contributed by atoms with Crippen LogP contribution < -0.4 is 4.74 Å². The number of rotatable bonds is 0. The second-order valence-corrected chi connectivity index (χ2v) is 6.85. The lowest BCUT2D eigenvalue weighted by atomic mass is 9.78. The van der Waals surface area contributed by atoms with E-state index in [1.807, 2.05) is 24.3 Å². The summed E-state index contributed by atoms with van der Waals surface area (Å²) in [7, 11) is 0. The lowest BCUT2D eigenvalue weighted by Gasteiger charge is -2.27. The molecule has 0 spiro atoms. The number of ether oxygens (including phenoxy) is 1. The molecular formula is C18H18O2. The molecule has 0 amide bonds. The van der Waals surface area contributed by atoms with Crippen molar-refractivity contribution in [1.82, 2.24) is 0 Å². The molecule has 1 aliphatic heterocycles. The number of benzene rings is 1. The first kappa shape index (κ1) is 11.1. The van der Waals surface area contributed by atoms with Crippen LogP contribution in [-0.4, -0.2) is 5.78 Å². The fourth-order valence-corrected chi connectivity index (χ4v) is 5.34. The van der Waals surface area contributed by atoms with E-state index in [0.29, 0.717) is 11.7 Å². The van der Waals surface area contributed by atoms with Gasteiger partial charge in [-0.05, 0) is 67.1 Å². The Kier molecular flexibility index (Phi) is 2.09. The molecule has 4 atom stereocenters. The summed E-state index contributed by atoms with van der Waals surface area (Å²) in [6.07, 6.45) is 6.59. The van der Waals surface area contributed by atoms with Gasteiger partial charge in [0.1, 0.15) is 5.75 Å². The Morgan fingerprint density at radius 1 is 1.10 bits per heavy atom. The van der Waals surface area contributed by atoms with Crippen molar-refractivity contribution < 1.29 is 9.53 Å². The lowest BCUT2D eigenvalue weighted by molar-refractivity contribution is 0.101. The molecule has 4 aliphatic rings. The number of hydrogen-bond acceptors (Lipinski definition) is 2. The minimum absolute atomic E-state index is 0.123. The van der Waals surface area contributed by atoms with Gasteiger partial charge in [-0.15, -0.1) is 0 Å². The number of hydrogen-bond donors (Lipinski definition) is 0. The standard InChI is InChI=1S/C18H18O2/c19-17-13-4-1-2-7-16(13)20-18(17)15-9-10-8-14(15)12-6-3-5-11(10)12/h1-2,4,7,10-12,14H,3,5-6,8-9H2. The molecule has 0 radical (unpaired) electrons. The quantitative estimate of drug-likeness (QED) is 0.664. The highest BCUT2D eigenvalue weighted by molar-refractivity contribution is 6.12. The predicted molar refractivity (Wildman–Crippen MR) is 75.5 cm³/mol. The Labute approximate surface area is 118 Å². The SMILES string of the molecule is O=C1C(=C2CC3CC2C2CCCC32)Oc2ccccc21. The number of ketones is 1. The third-order valence-corrected chi connectivity index (χ3v) is 6.08. The summed E-state index contributed by atoms with van der Waals surface area (Å²) in [6.45, 7) is 0. The van der Waals surface area contributed by atoms with Crippen LogP contribution in [0.15, 0.2) is 35.6 Å². The zero-order valence-electron chi connectivity index (χ0n) is 11.5. The van der Waals surface area contributed by atoms with Crippen LogP contribution in [0.1, 0.15) is 42.5 Å². The number of para-hydroxylation sites is 1. The summed E-state index contributed by atoms with van der Waals surface area (Å²) in [5.41, 5.74) is 2.10. The van der Waals surface area contributed by atoms with Crippen molar-refractivity contribution in [1.29, 1.82) is 0 Å². The summed E-state index contributed by atoms with van der Waals surface area (Å²) in [6, 6.07) is 7.65. The molecule has 1 aromatic carbocycles. The average Bonchev–Trinajstić information content (AvgIpc) is 3.18. The second kappa shape index (κ2) is 3.75. The van der Waals surface area contributed by atoms with Gasteiger partial charge in [0.05, 0.1) is 5.56 Å². The van der Waals surface area contributed by atoms with E-state index >= 15 is 0 Å². The predicted octanol–water partition coefficient (Wildman–Crippen LogP) is 3.97. The first-order valence-electron chi connectivity index (χ1n) is 7.87. The highest BCUT2D eigenvalue weighted by Crippen LogP contribution is 2.61. The Morgan fingerprint density at radius 2 is 1.95 bits per heavy atom. The zero-order chi connectivity index (χ0) is 13.3. The van der Waals surface area contributed by atoms with Crippen LogP contribution in [0.3, 0.4) is 0 Å². The van der Waals surface area contributed by atoms with Crippen molar-refractivity contribution in [3.8, 4) is 5.75 Å². The van der Waals surface area contributed by atoms with E-state index in [-0.39, 0.29) is 5.78 Å². The second-order valence-electron chi connectivity index (χ2n) is 6.85. The molecule has 0 N–H and O–H groups in total. The van der Waals surface area contributed by atoms with Gasteiger partial charge in [-0.2, -0.15) is 0 Å². The van der Waals surface area contributed by atoms with Gasteiger partial charge in [-0.3, -0.25) is 4.79 Å². The summed E-state index contributed by atoms with van der Waals surface area (Å²) in [5, 5.41) is 0. The fraction of sp³-hybridized carbons (Fsp3) is 0.500. The number of fused-ring (bicyclic) bond motifs is 6. The number of allylic oxidation sites excluding steroid dienone is 2. The minimum Gasteiger partial charge on any atom is -0.452 e. The third-order valence-electron chi connectivity index (χ3n) is 6.08. The maximum atomic E-state index is 12.6. The van der Waals surface area contributed by atoms with Gasteiger partial charge >= 0.3 is 0 Å². The van der Waals surface area contributed by atoms with E-state index in [4.69, 9.17) is 4.74 Å². The molecule has 5 rings (SSSR count). The zero-order valence-corrected chi connectivity index (χ0v) is 11.5. The monoisotopic (exact) mass is 266 g/mol. The van der Waals surface area contributed by atoms with Crippen LogP contribution in [0.5, 0.6) is 5.75 Å². The van der Waals surface area contributed by atoms with E-state index < -0.39 is 0 Å². The summed E-state index contributed by atoms with van der Waals surface area (Å²) in [4.78, 5) is 12.6.